The SMILES string of the molecule is CCOC(=O)c1c(-c2ccc(C)cc2)csc1NC(=O)COC(=O)c1ccccc1OC. The number of hydrogen-bond donors (Lipinski definition) is 1. The van der Waals surface area contributed by atoms with Gasteiger partial charge in [0, 0.05) is 10.9 Å². The molecule has 8 heteroatoms. The third kappa shape index (κ3) is 5.33. The molecule has 1 amide bonds. The minimum absolute atomic E-state index is 0.200. The molecule has 7 nitrogen and oxygen atoms in total. The maximum Gasteiger partial charge on any atom is 0.342 e. The van der Waals surface area contributed by atoms with Gasteiger partial charge in [-0.25, -0.2) is 9.59 Å². The van der Waals surface area contributed by atoms with Crippen LogP contribution in [0.3, 0.4) is 0 Å². The maximum atomic E-state index is 12.6. The summed E-state index contributed by atoms with van der Waals surface area (Å²) in [7, 11) is 1.44. The number of thiophene rings is 1. The van der Waals surface area contributed by atoms with Gasteiger partial charge in [-0.1, -0.05) is 42.0 Å². The van der Waals surface area contributed by atoms with Crippen molar-refractivity contribution in [3.05, 3.63) is 70.6 Å². The molecular formula is C24H23NO6S. The third-order valence-electron chi connectivity index (χ3n) is 4.55. The second-order valence-electron chi connectivity index (χ2n) is 6.76. The third-order valence-corrected chi connectivity index (χ3v) is 5.44. The largest absolute Gasteiger partial charge is 0.496 e. The lowest BCUT2D eigenvalue weighted by Gasteiger charge is -2.10. The average molecular weight is 454 g/mol. The van der Waals surface area contributed by atoms with Gasteiger partial charge in [-0.2, -0.15) is 0 Å². The fraction of sp³-hybridized carbons (Fsp3) is 0.208. The highest BCUT2D eigenvalue weighted by Gasteiger charge is 2.23. The molecule has 0 aliphatic carbocycles. The van der Waals surface area contributed by atoms with Gasteiger partial charge in [0.2, 0.25) is 0 Å². The van der Waals surface area contributed by atoms with E-state index in [4.69, 9.17) is 14.2 Å². The van der Waals surface area contributed by atoms with Crippen molar-refractivity contribution in [1.29, 1.82) is 0 Å². The molecule has 2 aromatic carbocycles. The van der Waals surface area contributed by atoms with Crippen molar-refractivity contribution in [1.82, 2.24) is 0 Å². The van der Waals surface area contributed by atoms with Crippen molar-refractivity contribution in [2.24, 2.45) is 0 Å². The molecule has 0 radical (unpaired) electrons. The van der Waals surface area contributed by atoms with E-state index in [2.05, 4.69) is 5.32 Å². The minimum Gasteiger partial charge on any atom is -0.496 e. The quantitative estimate of drug-likeness (QED) is 0.497. The van der Waals surface area contributed by atoms with Crippen molar-refractivity contribution >= 4 is 34.2 Å². The standard InChI is InChI=1S/C24H23NO6S/c1-4-30-24(28)21-18(16-11-9-15(2)10-12-16)14-32-22(21)25-20(26)13-31-23(27)17-7-5-6-8-19(17)29-3/h5-12,14H,4,13H2,1-3H3,(H,25,26). The lowest BCUT2D eigenvalue weighted by molar-refractivity contribution is -0.119. The van der Waals surface area contributed by atoms with Crippen molar-refractivity contribution in [2.45, 2.75) is 13.8 Å². The van der Waals surface area contributed by atoms with Crippen LogP contribution in [0.15, 0.2) is 53.9 Å². The second-order valence-corrected chi connectivity index (χ2v) is 7.64. The molecule has 32 heavy (non-hydrogen) atoms. The van der Waals surface area contributed by atoms with E-state index in [1.165, 1.54) is 18.4 Å². The van der Waals surface area contributed by atoms with Gasteiger partial charge in [0.1, 0.15) is 21.9 Å². The number of benzene rings is 2. The Labute approximate surface area is 189 Å². The summed E-state index contributed by atoms with van der Waals surface area (Å²) in [6, 6.07) is 14.3. The molecule has 0 saturated carbocycles. The number of carbonyl (C=O) groups is 3. The highest BCUT2D eigenvalue weighted by molar-refractivity contribution is 7.15. The topological polar surface area (TPSA) is 90.9 Å². The van der Waals surface area contributed by atoms with Gasteiger partial charge in [-0.15, -0.1) is 11.3 Å². The molecule has 0 aliphatic heterocycles. The zero-order chi connectivity index (χ0) is 23.1. The Bertz CT molecular complexity index is 1120. The number of nitrogens with one attached hydrogen (secondary N) is 1. The van der Waals surface area contributed by atoms with E-state index in [9.17, 15) is 14.4 Å². The molecule has 1 heterocycles. The van der Waals surface area contributed by atoms with Gasteiger partial charge >= 0.3 is 11.9 Å². The number of para-hydroxylation sites is 1. The molecule has 1 aromatic heterocycles. The summed E-state index contributed by atoms with van der Waals surface area (Å²) in [5.41, 5.74) is 3.07. The van der Waals surface area contributed by atoms with Crippen molar-refractivity contribution in [3.8, 4) is 16.9 Å². The van der Waals surface area contributed by atoms with Crippen LogP contribution in [-0.2, 0) is 14.3 Å². The number of esters is 2. The first kappa shape index (κ1) is 23.0. The zero-order valence-corrected chi connectivity index (χ0v) is 18.8. The number of rotatable bonds is 8. The summed E-state index contributed by atoms with van der Waals surface area (Å²) in [4.78, 5) is 37.4. The highest BCUT2D eigenvalue weighted by atomic mass is 32.1. The van der Waals surface area contributed by atoms with Crippen LogP contribution in [0.25, 0.3) is 11.1 Å². The summed E-state index contributed by atoms with van der Waals surface area (Å²) < 4.78 is 15.4. The van der Waals surface area contributed by atoms with Gasteiger partial charge < -0.3 is 19.5 Å². The number of carbonyl (C=O) groups excluding carboxylic acids is 3. The van der Waals surface area contributed by atoms with Crippen LogP contribution in [0.1, 0.15) is 33.2 Å². The number of hydrogen-bond acceptors (Lipinski definition) is 7. The van der Waals surface area contributed by atoms with Crippen molar-refractivity contribution in [3.63, 3.8) is 0 Å². The van der Waals surface area contributed by atoms with E-state index >= 15 is 0 Å². The van der Waals surface area contributed by atoms with Gasteiger partial charge in [-0.3, -0.25) is 4.79 Å². The number of amides is 1. The summed E-state index contributed by atoms with van der Waals surface area (Å²) in [6.45, 7) is 3.37. The van der Waals surface area contributed by atoms with E-state index in [0.717, 1.165) is 11.1 Å². The van der Waals surface area contributed by atoms with Gasteiger partial charge in [0.25, 0.3) is 5.91 Å². The Balaban J connectivity index is 1.76. The molecule has 0 aliphatic rings. The summed E-state index contributed by atoms with van der Waals surface area (Å²) >= 11 is 1.20. The fourth-order valence-corrected chi connectivity index (χ4v) is 3.96. The van der Waals surface area contributed by atoms with Crippen LogP contribution in [-0.4, -0.2) is 38.2 Å². The molecule has 166 valence electrons. The molecule has 0 fully saturated rings. The molecule has 0 atom stereocenters. The molecule has 1 N–H and O–H groups in total. The van der Waals surface area contributed by atoms with Gasteiger partial charge in [0.05, 0.1) is 13.7 Å². The van der Waals surface area contributed by atoms with Crippen LogP contribution >= 0.6 is 11.3 Å². The fourth-order valence-electron chi connectivity index (χ4n) is 2.99. The highest BCUT2D eigenvalue weighted by Crippen LogP contribution is 2.36. The number of aryl methyl sites for hydroxylation is 1. The minimum atomic E-state index is -0.685. The Morgan fingerprint density at radius 2 is 1.69 bits per heavy atom. The molecule has 0 unspecified atom stereocenters. The Kier molecular flexibility index (Phi) is 7.62. The zero-order valence-electron chi connectivity index (χ0n) is 18.0. The van der Waals surface area contributed by atoms with Crippen molar-refractivity contribution in [2.75, 3.05) is 25.6 Å². The molecule has 3 aromatic rings. The Hall–Kier alpha value is -3.65. The van der Waals surface area contributed by atoms with E-state index in [0.29, 0.717) is 16.3 Å². The van der Waals surface area contributed by atoms with E-state index < -0.39 is 24.5 Å². The van der Waals surface area contributed by atoms with Crippen molar-refractivity contribution < 1.29 is 28.6 Å². The van der Waals surface area contributed by atoms with Crippen LogP contribution in [0, 0.1) is 6.92 Å². The monoisotopic (exact) mass is 453 g/mol. The Morgan fingerprint density at radius 1 is 0.969 bits per heavy atom. The molecule has 0 bridgehead atoms. The van der Waals surface area contributed by atoms with Crippen LogP contribution in [0.5, 0.6) is 5.75 Å². The number of anilines is 1. The molecule has 0 spiro atoms. The lowest BCUT2D eigenvalue weighted by atomic mass is 10.0. The first-order valence-electron chi connectivity index (χ1n) is 9.90. The van der Waals surface area contributed by atoms with Crippen LogP contribution < -0.4 is 10.1 Å². The number of methoxy groups -OCH3 is 1. The summed E-state index contributed by atoms with van der Waals surface area (Å²) in [6.07, 6.45) is 0. The first-order valence-corrected chi connectivity index (χ1v) is 10.8. The average Bonchev–Trinajstić information content (AvgIpc) is 3.21. The Morgan fingerprint density at radius 3 is 2.38 bits per heavy atom. The van der Waals surface area contributed by atoms with Crippen LogP contribution in [0.2, 0.25) is 0 Å². The summed E-state index contributed by atoms with van der Waals surface area (Å²) in [5.74, 6) is -1.44. The lowest BCUT2D eigenvalue weighted by Crippen LogP contribution is -2.22. The summed E-state index contributed by atoms with van der Waals surface area (Å²) in [5, 5.41) is 4.77. The predicted octanol–water partition coefficient (Wildman–Crippen LogP) is 4.70. The van der Waals surface area contributed by atoms with E-state index in [1.807, 2.05) is 31.2 Å². The predicted molar refractivity (Wildman–Crippen MR) is 122 cm³/mol. The van der Waals surface area contributed by atoms with Gasteiger partial charge in [-0.05, 0) is 31.5 Å². The normalized spacial score (nSPS) is 10.3. The van der Waals surface area contributed by atoms with E-state index in [-0.39, 0.29) is 17.7 Å². The molecule has 0 saturated heterocycles. The van der Waals surface area contributed by atoms with Gasteiger partial charge in [0.15, 0.2) is 6.61 Å². The second kappa shape index (κ2) is 10.6. The number of ether oxygens (including phenoxy) is 3. The smallest absolute Gasteiger partial charge is 0.342 e. The van der Waals surface area contributed by atoms with Crippen LogP contribution in [0.4, 0.5) is 5.00 Å². The molecular weight excluding hydrogens is 430 g/mol. The maximum absolute atomic E-state index is 12.6. The van der Waals surface area contributed by atoms with E-state index in [1.54, 1.807) is 36.6 Å². The first-order chi connectivity index (χ1) is 15.4. The molecule has 3 rings (SSSR count).